The second-order valence-electron chi connectivity index (χ2n) is 9.81. The molecule has 0 aliphatic heterocycles. The summed E-state index contributed by atoms with van der Waals surface area (Å²) in [6, 6.07) is 19.3. The molecule has 0 aliphatic carbocycles. The minimum atomic E-state index is -3.59. The van der Waals surface area contributed by atoms with Crippen LogP contribution in [0.2, 0.25) is 10.0 Å². The molecule has 0 bridgehead atoms. The Morgan fingerprint density at radius 2 is 1.68 bits per heavy atom. The SMILES string of the molecule is CNC(=O)C(Cc1ccccc1)N(Cc1ccc(Cl)cc1Cl)C(=O)CCCN(c1cc(C)ccc1C)S(C)(=O)=O. The lowest BCUT2D eigenvalue weighted by Crippen LogP contribution is -2.49. The van der Waals surface area contributed by atoms with Gasteiger partial charge in [-0.3, -0.25) is 13.9 Å². The number of rotatable bonds is 12. The number of aryl methyl sites for hydroxylation is 2. The van der Waals surface area contributed by atoms with Gasteiger partial charge < -0.3 is 10.2 Å². The van der Waals surface area contributed by atoms with Gasteiger partial charge in [0.15, 0.2) is 0 Å². The first-order valence-electron chi connectivity index (χ1n) is 12.9. The number of halogens is 2. The Balaban J connectivity index is 1.89. The monoisotopic (exact) mass is 603 g/mol. The van der Waals surface area contributed by atoms with Crippen molar-refractivity contribution in [3.63, 3.8) is 0 Å². The zero-order valence-electron chi connectivity index (χ0n) is 23.2. The van der Waals surface area contributed by atoms with Crippen molar-refractivity contribution >= 4 is 50.7 Å². The molecule has 3 aromatic carbocycles. The summed E-state index contributed by atoms with van der Waals surface area (Å²) in [6.07, 6.45) is 1.75. The van der Waals surface area contributed by atoms with Gasteiger partial charge in [0.2, 0.25) is 21.8 Å². The van der Waals surface area contributed by atoms with E-state index < -0.39 is 16.1 Å². The average Bonchev–Trinajstić information content (AvgIpc) is 2.90. The maximum absolute atomic E-state index is 13.8. The van der Waals surface area contributed by atoms with Crippen molar-refractivity contribution in [1.82, 2.24) is 10.2 Å². The topological polar surface area (TPSA) is 86.8 Å². The summed E-state index contributed by atoms with van der Waals surface area (Å²) >= 11 is 12.5. The maximum atomic E-state index is 13.8. The van der Waals surface area contributed by atoms with Gasteiger partial charge in [-0.15, -0.1) is 0 Å². The fourth-order valence-electron chi connectivity index (χ4n) is 4.52. The van der Waals surface area contributed by atoms with Crippen LogP contribution in [0.1, 0.15) is 35.1 Å². The summed E-state index contributed by atoms with van der Waals surface area (Å²) in [5, 5.41) is 3.53. The highest BCUT2D eigenvalue weighted by atomic mass is 35.5. The zero-order valence-corrected chi connectivity index (χ0v) is 25.5. The van der Waals surface area contributed by atoms with E-state index in [4.69, 9.17) is 23.2 Å². The molecule has 1 unspecified atom stereocenters. The van der Waals surface area contributed by atoms with Gasteiger partial charge in [0.1, 0.15) is 6.04 Å². The van der Waals surface area contributed by atoms with E-state index >= 15 is 0 Å². The molecule has 0 spiro atoms. The molecule has 0 aromatic heterocycles. The molecule has 10 heteroatoms. The number of hydrogen-bond acceptors (Lipinski definition) is 4. The highest BCUT2D eigenvalue weighted by molar-refractivity contribution is 7.92. The number of nitrogens with zero attached hydrogens (tertiary/aromatic N) is 2. The van der Waals surface area contributed by atoms with Crippen LogP contribution < -0.4 is 9.62 Å². The van der Waals surface area contributed by atoms with Crippen LogP contribution in [0.3, 0.4) is 0 Å². The smallest absolute Gasteiger partial charge is 0.242 e. The molecule has 0 saturated heterocycles. The number of carbonyl (C=O) groups is 2. The van der Waals surface area contributed by atoms with E-state index in [-0.39, 0.29) is 37.7 Å². The van der Waals surface area contributed by atoms with E-state index in [2.05, 4.69) is 5.32 Å². The Bertz CT molecular complexity index is 1450. The summed E-state index contributed by atoms with van der Waals surface area (Å²) in [5.41, 5.74) is 3.89. The number of anilines is 1. The van der Waals surface area contributed by atoms with E-state index in [9.17, 15) is 18.0 Å². The highest BCUT2D eigenvalue weighted by Crippen LogP contribution is 2.26. The van der Waals surface area contributed by atoms with Gasteiger partial charge in [-0.25, -0.2) is 8.42 Å². The first-order valence-corrected chi connectivity index (χ1v) is 15.5. The minimum absolute atomic E-state index is 0.0321. The fourth-order valence-corrected chi connectivity index (χ4v) is 6.01. The van der Waals surface area contributed by atoms with Crippen LogP contribution in [0.25, 0.3) is 0 Å². The van der Waals surface area contributed by atoms with Gasteiger partial charge >= 0.3 is 0 Å². The van der Waals surface area contributed by atoms with Crippen LogP contribution in [-0.2, 0) is 32.6 Å². The lowest BCUT2D eigenvalue weighted by Gasteiger charge is -2.32. The summed E-state index contributed by atoms with van der Waals surface area (Å²) in [7, 11) is -2.06. The quantitative estimate of drug-likeness (QED) is 0.294. The summed E-state index contributed by atoms with van der Waals surface area (Å²) in [4.78, 5) is 28.4. The zero-order chi connectivity index (χ0) is 29.4. The van der Waals surface area contributed by atoms with Gasteiger partial charge in [0, 0.05) is 43.0 Å². The third-order valence-electron chi connectivity index (χ3n) is 6.66. The summed E-state index contributed by atoms with van der Waals surface area (Å²) in [6.45, 7) is 3.96. The summed E-state index contributed by atoms with van der Waals surface area (Å²) < 4.78 is 26.7. The Hall–Kier alpha value is -3.07. The van der Waals surface area contributed by atoms with Crippen molar-refractivity contribution in [3.8, 4) is 0 Å². The average molecular weight is 605 g/mol. The molecular formula is C30H35Cl2N3O4S. The molecule has 3 rings (SSSR count). The molecule has 0 radical (unpaired) electrons. The van der Waals surface area contributed by atoms with Crippen LogP contribution in [-0.4, -0.2) is 51.0 Å². The van der Waals surface area contributed by atoms with E-state index in [1.165, 1.54) is 16.3 Å². The predicted molar refractivity (Wildman–Crippen MR) is 162 cm³/mol. The van der Waals surface area contributed by atoms with Gasteiger partial charge in [-0.1, -0.05) is 71.7 Å². The molecule has 40 heavy (non-hydrogen) atoms. The lowest BCUT2D eigenvalue weighted by molar-refractivity contribution is -0.141. The molecule has 1 atom stereocenters. The van der Waals surface area contributed by atoms with Crippen molar-refractivity contribution in [3.05, 3.63) is 99.0 Å². The number of hydrogen-bond donors (Lipinski definition) is 1. The van der Waals surface area contributed by atoms with E-state index in [0.29, 0.717) is 27.7 Å². The second kappa shape index (κ2) is 14.0. The van der Waals surface area contributed by atoms with E-state index in [1.54, 1.807) is 18.2 Å². The standard InChI is InChI=1S/C30H35Cl2N3O4S/c1-21-12-13-22(2)27(17-21)35(40(4,38)39)16-8-11-29(36)34(20-24-14-15-25(31)19-26(24)32)28(30(37)33-3)18-23-9-6-5-7-10-23/h5-7,9-10,12-15,17,19,28H,8,11,16,18,20H2,1-4H3,(H,33,37). The molecule has 1 N–H and O–H groups in total. The Morgan fingerprint density at radius 1 is 0.975 bits per heavy atom. The number of carbonyl (C=O) groups excluding carboxylic acids is 2. The summed E-state index contributed by atoms with van der Waals surface area (Å²) in [5.74, 6) is -0.597. The van der Waals surface area contributed by atoms with Gasteiger partial charge in [0.05, 0.1) is 11.9 Å². The molecule has 0 saturated carbocycles. The molecule has 2 amide bonds. The predicted octanol–water partition coefficient (Wildman–Crippen LogP) is 5.54. The number of nitrogens with one attached hydrogen (secondary N) is 1. The van der Waals surface area contributed by atoms with Crippen LogP contribution in [0, 0.1) is 13.8 Å². The van der Waals surface area contributed by atoms with Crippen molar-refractivity contribution < 1.29 is 18.0 Å². The Kier molecular flexibility index (Phi) is 11.0. The first kappa shape index (κ1) is 31.5. The lowest BCUT2D eigenvalue weighted by atomic mass is 10.0. The third-order valence-corrected chi connectivity index (χ3v) is 8.43. The first-order chi connectivity index (χ1) is 18.9. The normalized spacial score (nSPS) is 12.1. The van der Waals surface area contributed by atoms with Crippen molar-refractivity contribution in [2.24, 2.45) is 0 Å². The number of likely N-dealkylation sites (N-methyl/N-ethyl adjacent to an activating group) is 1. The highest BCUT2D eigenvalue weighted by Gasteiger charge is 2.30. The van der Waals surface area contributed by atoms with Crippen molar-refractivity contribution in [2.45, 2.75) is 45.7 Å². The van der Waals surface area contributed by atoms with Gasteiger partial charge in [-0.05, 0) is 60.7 Å². The third kappa shape index (κ3) is 8.46. The van der Waals surface area contributed by atoms with Gasteiger partial charge in [-0.2, -0.15) is 0 Å². The van der Waals surface area contributed by atoms with Crippen molar-refractivity contribution in [1.29, 1.82) is 0 Å². The maximum Gasteiger partial charge on any atom is 0.242 e. The molecular weight excluding hydrogens is 569 g/mol. The van der Waals surface area contributed by atoms with E-state index in [0.717, 1.165) is 22.9 Å². The fraction of sp³-hybridized carbons (Fsp3) is 0.333. The second-order valence-corrected chi connectivity index (χ2v) is 12.6. The molecule has 7 nitrogen and oxygen atoms in total. The van der Waals surface area contributed by atoms with E-state index in [1.807, 2.05) is 62.4 Å². The van der Waals surface area contributed by atoms with Crippen LogP contribution >= 0.6 is 23.2 Å². The Morgan fingerprint density at radius 3 is 2.30 bits per heavy atom. The molecule has 0 heterocycles. The van der Waals surface area contributed by atoms with Crippen LogP contribution in [0.4, 0.5) is 5.69 Å². The van der Waals surface area contributed by atoms with Gasteiger partial charge in [0.25, 0.3) is 0 Å². The minimum Gasteiger partial charge on any atom is -0.357 e. The number of benzene rings is 3. The molecule has 0 fully saturated rings. The number of amides is 2. The Labute approximate surface area is 247 Å². The molecule has 214 valence electrons. The molecule has 0 aliphatic rings. The largest absolute Gasteiger partial charge is 0.357 e. The van der Waals surface area contributed by atoms with Crippen LogP contribution in [0.15, 0.2) is 66.7 Å². The van der Waals surface area contributed by atoms with Crippen molar-refractivity contribution in [2.75, 3.05) is 24.2 Å². The van der Waals surface area contributed by atoms with Crippen LogP contribution in [0.5, 0.6) is 0 Å². The number of sulfonamides is 1. The molecule has 3 aromatic rings.